The Morgan fingerprint density at radius 2 is 1.64 bits per heavy atom. The molecule has 0 aromatic heterocycles. The Balaban J connectivity index is 0.00000220. The fraction of sp³-hybridized carbons (Fsp3) is 0.533. The molecule has 1 aliphatic heterocycles. The molecule has 1 N–H and O–H groups in total. The van der Waals surface area contributed by atoms with Gasteiger partial charge in [-0.05, 0) is 37.0 Å². The number of aliphatic hydroxyl groups is 1. The van der Waals surface area contributed by atoms with Crippen LogP contribution in [-0.2, 0) is 32.4 Å². The Kier molecular flexibility index (Phi) is 10.7. The number of hydrogen-bond acceptors (Lipinski definition) is 4. The van der Waals surface area contributed by atoms with Gasteiger partial charge in [0.05, 0.1) is 0 Å². The van der Waals surface area contributed by atoms with Gasteiger partial charge < -0.3 is 22.6 Å². The first kappa shape index (κ1) is 22.6. The van der Waals surface area contributed by atoms with Gasteiger partial charge in [-0.15, -0.1) is 0 Å². The largest absolute Gasteiger partial charge is 1.00 e. The molecule has 1 unspecified atom stereocenters. The summed E-state index contributed by atoms with van der Waals surface area (Å²) in [6.45, 7) is 7.73. The third-order valence-electron chi connectivity index (χ3n) is 3.77. The van der Waals surface area contributed by atoms with Gasteiger partial charge in [0, 0.05) is 67.3 Å². The van der Waals surface area contributed by atoms with E-state index in [2.05, 4.69) is 18.7 Å². The molecule has 22 heavy (non-hydrogen) atoms. The van der Waals surface area contributed by atoms with Gasteiger partial charge >= 0.3 is 19.8 Å². The van der Waals surface area contributed by atoms with E-state index in [0.717, 1.165) is 26.2 Å². The van der Waals surface area contributed by atoms with Crippen LogP contribution < -0.4 is 0 Å². The molecule has 1 heterocycles. The van der Waals surface area contributed by atoms with Crippen LogP contribution in [0.1, 0.15) is 35.2 Å². The molecule has 1 saturated heterocycles. The molecule has 1 amide bonds. The van der Waals surface area contributed by atoms with Gasteiger partial charge in [0.2, 0.25) is 0 Å². The zero-order chi connectivity index (χ0) is 14.7. The van der Waals surface area contributed by atoms with Crippen molar-refractivity contribution in [2.24, 2.45) is 0 Å². The van der Waals surface area contributed by atoms with Crippen LogP contribution in [0.4, 0.5) is 0 Å². The molecule has 1 aromatic rings. The van der Waals surface area contributed by atoms with E-state index in [0.29, 0.717) is 17.2 Å². The van der Waals surface area contributed by atoms with Crippen molar-refractivity contribution in [1.82, 2.24) is 9.80 Å². The number of carbonyl (C=O) groups is 1. The van der Waals surface area contributed by atoms with Crippen LogP contribution in [0.3, 0.4) is 0 Å². The predicted octanol–water partition coefficient (Wildman–Crippen LogP) is 1.01. The number of piperazine rings is 1. The third kappa shape index (κ3) is 5.91. The third-order valence-corrected chi connectivity index (χ3v) is 4.05. The van der Waals surface area contributed by atoms with Crippen LogP contribution in [0.15, 0.2) is 24.3 Å². The van der Waals surface area contributed by atoms with Gasteiger partial charge in [-0.25, -0.2) is 0 Å². The molecule has 1 fully saturated rings. The second-order valence-electron chi connectivity index (χ2n) is 5.40. The first-order valence-electron chi connectivity index (χ1n) is 6.96. The van der Waals surface area contributed by atoms with Crippen molar-refractivity contribution < 1.29 is 29.7 Å². The van der Waals surface area contributed by atoms with Crippen LogP contribution in [0, 0.1) is 0 Å². The minimum atomic E-state index is -0.909. The van der Waals surface area contributed by atoms with Crippen molar-refractivity contribution in [3.05, 3.63) is 35.4 Å². The number of amides is 1. The van der Waals surface area contributed by atoms with Gasteiger partial charge in [0.1, 0.15) is 0 Å². The first-order valence-corrected chi connectivity index (χ1v) is 7.43. The quantitative estimate of drug-likeness (QED) is 0.491. The van der Waals surface area contributed by atoms with E-state index < -0.39 is 5.44 Å². The summed E-state index contributed by atoms with van der Waals surface area (Å²) in [6.07, 6.45) is 0. The number of benzene rings is 1. The Labute approximate surface area is 173 Å². The predicted molar refractivity (Wildman–Crippen MR) is 87.1 cm³/mol. The minimum Gasteiger partial charge on any atom is -0.757 e. The summed E-state index contributed by atoms with van der Waals surface area (Å²) in [6, 6.07) is 7.44. The van der Waals surface area contributed by atoms with Crippen molar-refractivity contribution in [3.8, 4) is 0 Å². The Bertz CT molecular complexity index is 463. The summed E-state index contributed by atoms with van der Waals surface area (Å²) < 4.78 is 0. The summed E-state index contributed by atoms with van der Waals surface area (Å²) in [7, 11) is 0. The topological polar surface area (TPSA) is 43.8 Å². The Hall–Kier alpha value is 0.596. The van der Waals surface area contributed by atoms with Gasteiger partial charge in [-0.1, -0.05) is 12.1 Å². The van der Waals surface area contributed by atoms with Gasteiger partial charge in [0.25, 0.3) is 5.91 Å². The molecule has 0 saturated carbocycles. The van der Waals surface area contributed by atoms with Crippen LogP contribution in [0.25, 0.3) is 0 Å². The zero-order valence-electron chi connectivity index (χ0n) is 13.3. The molecule has 2 rings (SSSR count). The Morgan fingerprint density at radius 1 is 1.14 bits per heavy atom. The fourth-order valence-corrected chi connectivity index (χ4v) is 2.57. The van der Waals surface area contributed by atoms with E-state index in [4.69, 9.17) is 12.6 Å². The second-order valence-corrected chi connectivity index (χ2v) is 5.84. The Morgan fingerprint density at radius 3 is 2.05 bits per heavy atom. The van der Waals surface area contributed by atoms with Crippen LogP contribution >= 0.6 is 0 Å². The number of carbonyl (C=O) groups excluding carboxylic acids is 1. The second kappa shape index (κ2) is 10.5. The number of rotatable bonds is 3. The number of aliphatic hydroxyl groups excluding tert-OH is 1. The fourth-order valence-electron chi connectivity index (χ4n) is 2.41. The average molecular weight is 507 g/mol. The molecule has 7 heteroatoms. The van der Waals surface area contributed by atoms with E-state index in [1.165, 1.54) is 0 Å². The normalized spacial score (nSPS) is 16.7. The number of hydrogen-bond donors (Lipinski definition) is 1. The molecule has 0 bridgehead atoms. The van der Waals surface area contributed by atoms with Gasteiger partial charge in [-0.2, -0.15) is 0 Å². The van der Waals surface area contributed by atoms with E-state index in [-0.39, 0.29) is 55.3 Å². The maximum Gasteiger partial charge on any atom is 1.00 e. The molecular formula is C15H21N2NaO2OsS. The van der Waals surface area contributed by atoms with Crippen molar-refractivity contribution >= 4 is 48.1 Å². The smallest absolute Gasteiger partial charge is 0.757 e. The van der Waals surface area contributed by atoms with E-state index in [9.17, 15) is 9.90 Å². The monoisotopic (exact) mass is 508 g/mol. The maximum absolute atomic E-state index is 12.4. The first-order chi connectivity index (χ1) is 9.49. The standard InChI is InChI=1S/C15H22N2O2S.Na.Os/c1-11(2)16-7-9-17(10-8-16)14(18)12-3-5-13(6-4-12)15(19)20;;/h3-6,11,15,19-20H,7-10H2,1-2H3;;/q;;+1/p-1. The summed E-state index contributed by atoms with van der Waals surface area (Å²) in [5, 5.41) is 9.30. The molecule has 1 aromatic carbocycles. The molecule has 118 valence electrons. The summed E-state index contributed by atoms with van der Waals surface area (Å²) >= 11 is 4.77. The summed E-state index contributed by atoms with van der Waals surface area (Å²) in [4.78, 5) is 16.6. The molecule has 2 radical (unpaired) electrons. The SMILES string of the molecule is CC(C)N1CCN(C(=O)c2ccc(C(O)[S-])cc2)CC1.[Na].[Os+]. The van der Waals surface area contributed by atoms with Crippen molar-refractivity contribution in [3.63, 3.8) is 0 Å². The van der Waals surface area contributed by atoms with Crippen LogP contribution in [0.5, 0.6) is 0 Å². The van der Waals surface area contributed by atoms with Crippen molar-refractivity contribution in [2.45, 2.75) is 25.3 Å². The molecule has 0 aliphatic carbocycles. The van der Waals surface area contributed by atoms with E-state index >= 15 is 0 Å². The van der Waals surface area contributed by atoms with Gasteiger partial charge in [0.15, 0.2) is 0 Å². The minimum absolute atomic E-state index is 0. The van der Waals surface area contributed by atoms with Gasteiger partial charge in [-0.3, -0.25) is 9.69 Å². The number of nitrogens with zero attached hydrogens (tertiary/aromatic N) is 2. The molecule has 1 atom stereocenters. The van der Waals surface area contributed by atoms with E-state index in [1.807, 2.05) is 4.90 Å². The molecule has 0 spiro atoms. The molecule has 4 nitrogen and oxygen atoms in total. The van der Waals surface area contributed by atoms with Crippen LogP contribution in [-0.4, -0.2) is 82.6 Å². The van der Waals surface area contributed by atoms with Crippen molar-refractivity contribution in [1.29, 1.82) is 0 Å². The van der Waals surface area contributed by atoms with Crippen molar-refractivity contribution in [2.75, 3.05) is 26.2 Å². The maximum atomic E-state index is 12.4. The molecular weight excluding hydrogens is 485 g/mol. The summed E-state index contributed by atoms with van der Waals surface area (Å²) in [5.41, 5.74) is 0.400. The van der Waals surface area contributed by atoms with Crippen LogP contribution in [0.2, 0.25) is 0 Å². The zero-order valence-corrected chi connectivity index (χ0v) is 18.7. The van der Waals surface area contributed by atoms with E-state index in [1.54, 1.807) is 24.3 Å². The average Bonchev–Trinajstić information content (AvgIpc) is 2.46. The summed E-state index contributed by atoms with van der Waals surface area (Å²) in [5.74, 6) is 0.0545. The molecule has 1 aliphatic rings.